The summed E-state index contributed by atoms with van der Waals surface area (Å²) >= 11 is 0. The Morgan fingerprint density at radius 2 is 0.811 bits per heavy atom. The number of hydrogen-bond donors (Lipinski definition) is 1. The van der Waals surface area contributed by atoms with Crippen LogP contribution in [0.25, 0.3) is 0 Å². The van der Waals surface area contributed by atoms with Gasteiger partial charge in [-0.15, -0.1) is 0 Å². The summed E-state index contributed by atoms with van der Waals surface area (Å²) in [6.45, 7) is 1.05. The van der Waals surface area contributed by atoms with E-state index >= 15 is 0 Å². The van der Waals surface area contributed by atoms with Crippen molar-refractivity contribution in [2.75, 3.05) is 21.3 Å². The second kappa shape index (κ2) is 16.6. The number of halogens is 14. The maximum atomic E-state index is 13.3. The predicted molar refractivity (Wildman–Crippen MR) is 167 cm³/mol. The molecular formula is C33H31F14O5P. The van der Waals surface area contributed by atoms with Crippen molar-refractivity contribution in [1.82, 2.24) is 0 Å². The Hall–Kier alpha value is -4.02. The van der Waals surface area contributed by atoms with Crippen molar-refractivity contribution in [2.45, 2.75) is 67.6 Å². The van der Waals surface area contributed by atoms with Gasteiger partial charge in [-0.2, -0.15) is 61.5 Å². The molecule has 1 N–H and O–H groups in total. The van der Waals surface area contributed by atoms with Crippen LogP contribution in [0.3, 0.4) is 0 Å². The topological polar surface area (TPSA) is 65.0 Å². The van der Waals surface area contributed by atoms with Crippen molar-refractivity contribution in [2.24, 2.45) is 0 Å². The highest BCUT2D eigenvalue weighted by atomic mass is 31.1. The summed E-state index contributed by atoms with van der Waals surface area (Å²) in [5.74, 6) is -54.6. The number of carbonyl (C=O) groups is 1. The first-order valence-electron chi connectivity index (χ1n) is 14.9. The van der Waals surface area contributed by atoms with Gasteiger partial charge in [0.2, 0.25) is 0 Å². The number of carboxylic acid groups (broad SMARTS) is 1. The van der Waals surface area contributed by atoms with E-state index in [1.54, 1.807) is 21.3 Å². The standard InChI is InChI=1S/C21H21O3P.C12H10F14O2/c1-22-16-4-10-19(11-5-16)25(20-12-6-17(23-2)7-13-20)21-14-8-18(24-3)9-15-21;1-2-3-4-6(13,14)8(17,18)10(21,22)12(25,26)11(23,24)9(19,20)7(15,16)5(27)28/h4-15H,1-3H3;2-4H2,1H3,(H,27,28). The number of alkyl halides is 14. The molecule has 53 heavy (non-hydrogen) atoms. The van der Waals surface area contributed by atoms with Crippen molar-refractivity contribution in [3.05, 3.63) is 72.8 Å². The van der Waals surface area contributed by atoms with E-state index in [1.165, 1.54) is 15.9 Å². The molecule has 20 heteroatoms. The summed E-state index contributed by atoms with van der Waals surface area (Å²) in [5, 5.41) is 11.5. The molecular weight excluding hydrogens is 773 g/mol. The maximum Gasteiger partial charge on any atom is 0.410 e. The van der Waals surface area contributed by atoms with Gasteiger partial charge in [-0.05, 0) is 66.7 Å². The van der Waals surface area contributed by atoms with E-state index in [-0.39, 0.29) is 0 Å². The molecule has 0 heterocycles. The van der Waals surface area contributed by atoms with Gasteiger partial charge in [0, 0.05) is 6.42 Å². The van der Waals surface area contributed by atoms with Crippen molar-refractivity contribution in [3.63, 3.8) is 0 Å². The fourth-order valence-electron chi connectivity index (χ4n) is 4.35. The molecule has 0 unspecified atom stereocenters. The summed E-state index contributed by atoms with van der Waals surface area (Å²) in [4.78, 5) is 9.90. The third kappa shape index (κ3) is 8.54. The molecule has 0 atom stereocenters. The van der Waals surface area contributed by atoms with Crippen LogP contribution in [0.5, 0.6) is 17.2 Å². The van der Waals surface area contributed by atoms with Crippen LogP contribution in [0.15, 0.2) is 72.8 Å². The van der Waals surface area contributed by atoms with Gasteiger partial charge < -0.3 is 19.3 Å². The van der Waals surface area contributed by atoms with E-state index in [9.17, 15) is 66.3 Å². The average molecular weight is 805 g/mol. The van der Waals surface area contributed by atoms with Crippen LogP contribution in [0.2, 0.25) is 0 Å². The molecule has 0 radical (unpaired) electrons. The zero-order valence-corrected chi connectivity index (χ0v) is 28.8. The fraction of sp³-hybridized carbons (Fsp3) is 0.424. The van der Waals surface area contributed by atoms with Gasteiger partial charge in [0.15, 0.2) is 0 Å². The molecule has 0 aliphatic carbocycles. The molecule has 5 nitrogen and oxygen atoms in total. The Labute approximate surface area is 294 Å². The molecule has 3 rings (SSSR count). The highest BCUT2D eigenvalue weighted by Crippen LogP contribution is 2.62. The van der Waals surface area contributed by atoms with Crippen LogP contribution in [0, 0.1) is 0 Å². The monoisotopic (exact) mass is 804 g/mol. The largest absolute Gasteiger partial charge is 0.497 e. The molecule has 0 fully saturated rings. The number of carboxylic acids is 1. The second-order valence-electron chi connectivity index (χ2n) is 11.0. The van der Waals surface area contributed by atoms with Crippen LogP contribution < -0.4 is 30.1 Å². The van der Waals surface area contributed by atoms with Gasteiger partial charge in [0.05, 0.1) is 21.3 Å². The summed E-state index contributed by atoms with van der Waals surface area (Å²) in [6, 6.07) is 24.9. The molecule has 0 spiro atoms. The van der Waals surface area contributed by atoms with Gasteiger partial charge in [0.1, 0.15) is 17.2 Å². The van der Waals surface area contributed by atoms with E-state index in [2.05, 4.69) is 36.4 Å². The van der Waals surface area contributed by atoms with Gasteiger partial charge >= 0.3 is 47.4 Å². The van der Waals surface area contributed by atoms with Crippen LogP contribution in [-0.4, -0.2) is 73.9 Å². The Morgan fingerprint density at radius 3 is 1.08 bits per heavy atom. The van der Waals surface area contributed by atoms with Crippen molar-refractivity contribution < 1.29 is 85.6 Å². The number of unbranched alkanes of at least 4 members (excludes halogenated alkanes) is 1. The molecule has 0 saturated carbocycles. The van der Waals surface area contributed by atoms with Gasteiger partial charge in [-0.25, -0.2) is 4.79 Å². The fourth-order valence-corrected chi connectivity index (χ4v) is 6.59. The quantitative estimate of drug-likeness (QED) is 0.116. The number of hydrogen-bond acceptors (Lipinski definition) is 4. The number of aliphatic carboxylic acids is 1. The minimum Gasteiger partial charge on any atom is -0.497 e. The second-order valence-corrected chi connectivity index (χ2v) is 13.2. The molecule has 296 valence electrons. The smallest absolute Gasteiger partial charge is 0.410 e. The van der Waals surface area contributed by atoms with Crippen molar-refractivity contribution >= 4 is 29.8 Å². The summed E-state index contributed by atoms with van der Waals surface area (Å²) in [7, 11) is 4.39. The predicted octanol–water partition coefficient (Wildman–Crippen LogP) is 9.18. The first-order chi connectivity index (χ1) is 24.2. The van der Waals surface area contributed by atoms with E-state index < -0.39 is 74.6 Å². The number of rotatable bonds is 16. The Kier molecular flexibility index (Phi) is 14.1. The van der Waals surface area contributed by atoms with Gasteiger partial charge in [-0.3, -0.25) is 0 Å². The molecule has 0 amide bonds. The maximum absolute atomic E-state index is 13.3. The molecule has 0 aromatic heterocycles. The Morgan fingerprint density at radius 1 is 0.528 bits per heavy atom. The molecule has 3 aromatic rings. The van der Waals surface area contributed by atoms with E-state index in [0.29, 0.717) is 0 Å². The van der Waals surface area contributed by atoms with Crippen LogP contribution in [0.1, 0.15) is 26.2 Å². The highest BCUT2D eigenvalue weighted by Gasteiger charge is 2.93. The number of benzene rings is 3. The van der Waals surface area contributed by atoms with Crippen molar-refractivity contribution in [1.29, 1.82) is 0 Å². The molecule has 0 bridgehead atoms. The van der Waals surface area contributed by atoms with E-state index in [4.69, 9.17) is 19.3 Å². The Balaban J connectivity index is 0.000000368. The first-order valence-corrected chi connectivity index (χ1v) is 16.2. The third-order valence-corrected chi connectivity index (χ3v) is 9.98. The lowest BCUT2D eigenvalue weighted by molar-refractivity contribution is -0.438. The minimum absolute atomic E-state index is 0.396. The van der Waals surface area contributed by atoms with Crippen LogP contribution in [-0.2, 0) is 4.79 Å². The highest BCUT2D eigenvalue weighted by molar-refractivity contribution is 7.79. The number of methoxy groups -OCH3 is 3. The Bertz CT molecular complexity index is 1520. The lowest BCUT2D eigenvalue weighted by Gasteiger charge is -2.42. The minimum atomic E-state index is -8.23. The van der Waals surface area contributed by atoms with E-state index in [1.807, 2.05) is 36.4 Å². The third-order valence-electron chi connectivity index (χ3n) is 7.54. The van der Waals surface area contributed by atoms with E-state index in [0.717, 1.165) is 24.2 Å². The summed E-state index contributed by atoms with van der Waals surface area (Å²) in [5.41, 5.74) is 0. The van der Waals surface area contributed by atoms with Crippen LogP contribution in [0.4, 0.5) is 61.5 Å². The molecule has 3 aromatic carbocycles. The van der Waals surface area contributed by atoms with Gasteiger partial charge in [0.25, 0.3) is 0 Å². The molecule has 0 saturated heterocycles. The molecule has 0 aliphatic heterocycles. The SMILES string of the molecule is CCCCC(F)(F)C(F)(F)C(F)(F)C(F)(F)C(F)(F)C(F)(F)C(F)(F)C(=O)O.COc1ccc(P(c2ccc(OC)cc2)c2ccc(OC)cc2)cc1. The lowest BCUT2D eigenvalue weighted by atomic mass is 9.88. The zero-order valence-electron chi connectivity index (χ0n) is 27.9. The van der Waals surface area contributed by atoms with Gasteiger partial charge in [-0.1, -0.05) is 49.7 Å². The zero-order chi connectivity index (χ0) is 40.8. The number of ether oxygens (including phenoxy) is 3. The molecule has 0 aliphatic rings. The first kappa shape index (κ1) is 45.1. The van der Waals surface area contributed by atoms with Crippen molar-refractivity contribution in [3.8, 4) is 17.2 Å². The summed E-state index contributed by atoms with van der Waals surface area (Å²) < 4.78 is 200. The lowest BCUT2D eigenvalue weighted by Crippen LogP contribution is -2.73. The average Bonchev–Trinajstić information content (AvgIpc) is 3.11. The summed E-state index contributed by atoms with van der Waals surface area (Å²) in [6.07, 6.45) is -3.68. The normalized spacial score (nSPS) is 13.3. The van der Waals surface area contributed by atoms with Crippen LogP contribution >= 0.6 is 7.92 Å².